The van der Waals surface area contributed by atoms with Crippen LogP contribution in [0.2, 0.25) is 0 Å². The van der Waals surface area contributed by atoms with Gasteiger partial charge in [-0.25, -0.2) is 0 Å². The van der Waals surface area contributed by atoms with Gasteiger partial charge in [0.1, 0.15) is 5.75 Å². The average molecular weight is 273 g/mol. The molecule has 1 atom stereocenters. The van der Waals surface area contributed by atoms with Gasteiger partial charge in [-0.15, -0.1) is 10.2 Å². The summed E-state index contributed by atoms with van der Waals surface area (Å²) in [6.07, 6.45) is 2.21. The molecular formula is C15H19N3O2. The van der Waals surface area contributed by atoms with E-state index in [4.69, 9.17) is 9.15 Å². The van der Waals surface area contributed by atoms with Crippen LogP contribution in [0.15, 0.2) is 22.6 Å². The number of hydrogen-bond acceptors (Lipinski definition) is 5. The minimum atomic E-state index is 0.206. The lowest BCUT2D eigenvalue weighted by atomic mass is 10.1. The van der Waals surface area contributed by atoms with Crippen LogP contribution < -0.4 is 10.1 Å². The van der Waals surface area contributed by atoms with Crippen molar-refractivity contribution in [3.8, 4) is 5.75 Å². The molecular weight excluding hydrogens is 254 g/mol. The summed E-state index contributed by atoms with van der Waals surface area (Å²) in [7, 11) is 0. The van der Waals surface area contributed by atoms with Crippen molar-refractivity contribution >= 4 is 0 Å². The molecule has 1 saturated heterocycles. The second-order valence-electron chi connectivity index (χ2n) is 5.30. The average Bonchev–Trinajstić information content (AvgIpc) is 3.06. The topological polar surface area (TPSA) is 60.2 Å². The van der Waals surface area contributed by atoms with E-state index in [0.29, 0.717) is 18.4 Å². The van der Waals surface area contributed by atoms with Gasteiger partial charge in [0, 0.05) is 0 Å². The third-order valence-corrected chi connectivity index (χ3v) is 3.40. The molecule has 1 aromatic heterocycles. The molecule has 0 saturated carbocycles. The fourth-order valence-electron chi connectivity index (χ4n) is 2.52. The number of nitrogens with one attached hydrogen (secondary N) is 1. The van der Waals surface area contributed by atoms with E-state index < -0.39 is 0 Å². The normalized spacial score (nSPS) is 18.4. The van der Waals surface area contributed by atoms with Gasteiger partial charge in [0.05, 0.1) is 6.04 Å². The summed E-state index contributed by atoms with van der Waals surface area (Å²) in [4.78, 5) is 0. The predicted octanol–water partition coefficient (Wildman–Crippen LogP) is 2.69. The Bertz CT molecular complexity index is 568. The first-order valence-electron chi connectivity index (χ1n) is 6.97. The van der Waals surface area contributed by atoms with E-state index in [1.807, 2.05) is 12.1 Å². The van der Waals surface area contributed by atoms with Crippen molar-refractivity contribution in [2.45, 2.75) is 39.3 Å². The molecule has 1 aromatic carbocycles. The largest absolute Gasteiger partial charge is 0.484 e. The maximum Gasteiger partial charge on any atom is 0.253 e. The maximum atomic E-state index is 5.71. The first-order valence-corrected chi connectivity index (χ1v) is 6.97. The van der Waals surface area contributed by atoms with Gasteiger partial charge in [-0.05, 0) is 56.5 Å². The highest BCUT2D eigenvalue weighted by atomic mass is 16.5. The lowest BCUT2D eigenvalue weighted by Crippen LogP contribution is -2.12. The van der Waals surface area contributed by atoms with Crippen LogP contribution in [0.25, 0.3) is 0 Å². The van der Waals surface area contributed by atoms with E-state index in [9.17, 15) is 0 Å². The van der Waals surface area contributed by atoms with Crippen LogP contribution in [0.5, 0.6) is 5.75 Å². The molecule has 0 bridgehead atoms. The van der Waals surface area contributed by atoms with Crippen molar-refractivity contribution in [1.82, 2.24) is 15.5 Å². The minimum absolute atomic E-state index is 0.206. The van der Waals surface area contributed by atoms with Gasteiger partial charge in [-0.1, -0.05) is 6.07 Å². The first kappa shape index (κ1) is 13.1. The van der Waals surface area contributed by atoms with E-state index in [2.05, 4.69) is 35.4 Å². The van der Waals surface area contributed by atoms with E-state index in [-0.39, 0.29) is 6.04 Å². The van der Waals surface area contributed by atoms with Crippen LogP contribution in [-0.2, 0) is 6.61 Å². The highest BCUT2D eigenvalue weighted by Crippen LogP contribution is 2.22. The highest BCUT2D eigenvalue weighted by molar-refractivity contribution is 5.32. The van der Waals surface area contributed by atoms with Gasteiger partial charge < -0.3 is 14.5 Å². The van der Waals surface area contributed by atoms with Crippen molar-refractivity contribution in [3.05, 3.63) is 41.1 Å². The number of hydrogen-bond donors (Lipinski definition) is 1. The molecule has 0 spiro atoms. The number of benzene rings is 1. The minimum Gasteiger partial charge on any atom is -0.484 e. The Balaban J connectivity index is 1.63. The molecule has 1 N–H and O–H groups in total. The van der Waals surface area contributed by atoms with Crippen LogP contribution in [0.3, 0.4) is 0 Å². The number of rotatable bonds is 4. The Labute approximate surface area is 118 Å². The summed E-state index contributed by atoms with van der Waals surface area (Å²) >= 11 is 0. The van der Waals surface area contributed by atoms with Crippen LogP contribution >= 0.6 is 0 Å². The molecule has 0 radical (unpaired) electrons. The SMILES string of the molecule is Cc1cc(C)cc(OCc2nnc(C3CCCN3)o2)c1. The third kappa shape index (κ3) is 2.99. The van der Waals surface area contributed by atoms with Crippen molar-refractivity contribution < 1.29 is 9.15 Å². The molecule has 2 heterocycles. The Morgan fingerprint density at radius 2 is 2.05 bits per heavy atom. The van der Waals surface area contributed by atoms with Crippen LogP contribution in [0.1, 0.15) is 41.8 Å². The summed E-state index contributed by atoms with van der Waals surface area (Å²) in [5.74, 6) is 2.02. The molecule has 1 aliphatic heterocycles. The zero-order valence-corrected chi connectivity index (χ0v) is 11.8. The standard InChI is InChI=1S/C15H19N3O2/c1-10-6-11(2)8-12(7-10)19-9-14-17-18-15(20-14)13-4-3-5-16-13/h6-8,13,16H,3-5,9H2,1-2H3. The molecule has 20 heavy (non-hydrogen) atoms. The number of aryl methyl sites for hydroxylation is 2. The molecule has 2 aromatic rings. The zero-order valence-electron chi connectivity index (χ0n) is 11.8. The van der Waals surface area contributed by atoms with Crippen molar-refractivity contribution in [2.75, 3.05) is 6.54 Å². The van der Waals surface area contributed by atoms with Gasteiger partial charge >= 0.3 is 0 Å². The summed E-state index contributed by atoms with van der Waals surface area (Å²) in [6.45, 7) is 5.43. The van der Waals surface area contributed by atoms with Crippen LogP contribution in [0, 0.1) is 13.8 Å². The second-order valence-corrected chi connectivity index (χ2v) is 5.30. The van der Waals surface area contributed by atoms with Gasteiger partial charge in [-0.2, -0.15) is 0 Å². The van der Waals surface area contributed by atoms with Crippen LogP contribution in [0.4, 0.5) is 0 Å². The molecule has 5 nitrogen and oxygen atoms in total. The third-order valence-electron chi connectivity index (χ3n) is 3.40. The number of ether oxygens (including phenoxy) is 1. The van der Waals surface area contributed by atoms with Gasteiger partial charge in [0.15, 0.2) is 6.61 Å². The summed E-state index contributed by atoms with van der Waals surface area (Å²) in [5, 5.41) is 11.5. The molecule has 1 aliphatic rings. The van der Waals surface area contributed by atoms with Gasteiger partial charge in [0.2, 0.25) is 5.89 Å². The molecule has 5 heteroatoms. The quantitative estimate of drug-likeness (QED) is 0.928. The van der Waals surface area contributed by atoms with Crippen molar-refractivity contribution in [1.29, 1.82) is 0 Å². The highest BCUT2D eigenvalue weighted by Gasteiger charge is 2.22. The molecule has 1 unspecified atom stereocenters. The Hall–Kier alpha value is -1.88. The molecule has 106 valence electrons. The monoisotopic (exact) mass is 273 g/mol. The summed E-state index contributed by atoms with van der Waals surface area (Å²) in [6, 6.07) is 6.33. The Morgan fingerprint density at radius 1 is 1.25 bits per heavy atom. The summed E-state index contributed by atoms with van der Waals surface area (Å²) < 4.78 is 11.4. The van der Waals surface area contributed by atoms with Crippen LogP contribution in [-0.4, -0.2) is 16.7 Å². The fourth-order valence-corrected chi connectivity index (χ4v) is 2.52. The maximum absolute atomic E-state index is 5.71. The van der Waals surface area contributed by atoms with E-state index in [1.165, 1.54) is 11.1 Å². The molecule has 1 fully saturated rings. The molecule has 0 amide bonds. The zero-order chi connectivity index (χ0) is 13.9. The summed E-state index contributed by atoms with van der Waals surface area (Å²) in [5.41, 5.74) is 2.36. The Kier molecular flexibility index (Phi) is 3.69. The van der Waals surface area contributed by atoms with Gasteiger partial charge in [-0.3, -0.25) is 0 Å². The van der Waals surface area contributed by atoms with Crippen molar-refractivity contribution in [3.63, 3.8) is 0 Å². The van der Waals surface area contributed by atoms with E-state index in [0.717, 1.165) is 25.1 Å². The predicted molar refractivity (Wildman–Crippen MR) is 74.5 cm³/mol. The smallest absolute Gasteiger partial charge is 0.253 e. The van der Waals surface area contributed by atoms with E-state index in [1.54, 1.807) is 0 Å². The Morgan fingerprint density at radius 3 is 2.75 bits per heavy atom. The molecule has 0 aliphatic carbocycles. The lowest BCUT2D eigenvalue weighted by Gasteiger charge is -2.06. The molecule has 3 rings (SSSR count). The first-order chi connectivity index (χ1) is 9.70. The van der Waals surface area contributed by atoms with E-state index >= 15 is 0 Å². The fraction of sp³-hybridized carbons (Fsp3) is 0.467. The van der Waals surface area contributed by atoms with Crippen molar-refractivity contribution in [2.24, 2.45) is 0 Å². The second kappa shape index (κ2) is 5.63. The number of aromatic nitrogens is 2. The van der Waals surface area contributed by atoms with Gasteiger partial charge in [0.25, 0.3) is 5.89 Å². The number of nitrogens with zero attached hydrogens (tertiary/aromatic N) is 2. The lowest BCUT2D eigenvalue weighted by molar-refractivity contribution is 0.255.